The highest BCUT2D eigenvalue weighted by Gasteiger charge is 2.14. The van der Waals surface area contributed by atoms with Crippen molar-refractivity contribution in [3.63, 3.8) is 0 Å². The Bertz CT molecular complexity index is 785. The monoisotopic (exact) mass is 271 g/mol. The van der Waals surface area contributed by atoms with Gasteiger partial charge in [-0.3, -0.25) is 14.9 Å². The molecule has 7 nitrogen and oxygen atoms in total. The summed E-state index contributed by atoms with van der Waals surface area (Å²) < 4.78 is 0.926. The van der Waals surface area contributed by atoms with E-state index in [9.17, 15) is 20.0 Å². The lowest BCUT2D eigenvalue weighted by molar-refractivity contribution is -0.384. The molecule has 2 aromatic rings. The van der Waals surface area contributed by atoms with Crippen LogP contribution in [0.1, 0.15) is 11.1 Å². The second-order valence-electron chi connectivity index (χ2n) is 4.08. The van der Waals surface area contributed by atoms with E-state index in [1.165, 1.54) is 30.3 Å². The van der Waals surface area contributed by atoms with Crippen LogP contribution in [0, 0.1) is 28.4 Å². The minimum Gasteiger partial charge on any atom is -0.493 e. The van der Waals surface area contributed by atoms with E-state index in [0.717, 1.165) is 4.57 Å². The number of pyridine rings is 1. The minimum absolute atomic E-state index is 0.0112. The standard InChI is InChI=1S/C13H9N3O4/c1-8-6-12(17)15(13(18)11(8)7-14)9-2-4-10(5-3-9)16(19)20/h2-6,18H,1H3. The van der Waals surface area contributed by atoms with Gasteiger partial charge in [0.25, 0.3) is 11.2 Å². The van der Waals surface area contributed by atoms with Gasteiger partial charge >= 0.3 is 0 Å². The summed E-state index contributed by atoms with van der Waals surface area (Å²) in [5.41, 5.74) is -0.0486. The minimum atomic E-state index is -0.567. The van der Waals surface area contributed by atoms with Crippen molar-refractivity contribution in [2.24, 2.45) is 0 Å². The van der Waals surface area contributed by atoms with Crippen LogP contribution in [0.2, 0.25) is 0 Å². The van der Waals surface area contributed by atoms with Crippen LogP contribution < -0.4 is 5.56 Å². The maximum Gasteiger partial charge on any atom is 0.269 e. The first kappa shape index (κ1) is 13.3. The van der Waals surface area contributed by atoms with E-state index in [2.05, 4.69) is 0 Å². The molecule has 0 bridgehead atoms. The van der Waals surface area contributed by atoms with Gasteiger partial charge in [-0.05, 0) is 24.6 Å². The lowest BCUT2D eigenvalue weighted by Crippen LogP contribution is -2.19. The Hall–Kier alpha value is -3.14. The molecule has 0 unspecified atom stereocenters. The number of rotatable bonds is 2. The number of hydrogen-bond acceptors (Lipinski definition) is 5. The molecule has 20 heavy (non-hydrogen) atoms. The molecule has 1 aromatic heterocycles. The predicted octanol–water partition coefficient (Wildman–Crippen LogP) is 1.63. The second-order valence-corrected chi connectivity index (χ2v) is 4.08. The third kappa shape index (κ3) is 2.10. The molecule has 0 aliphatic rings. The highest BCUT2D eigenvalue weighted by molar-refractivity contribution is 5.50. The van der Waals surface area contributed by atoms with Crippen LogP contribution in [-0.2, 0) is 0 Å². The summed E-state index contributed by atoms with van der Waals surface area (Å²) in [5, 5.41) is 29.5. The normalized spacial score (nSPS) is 10.0. The van der Waals surface area contributed by atoms with Gasteiger partial charge in [-0.1, -0.05) is 0 Å². The van der Waals surface area contributed by atoms with Gasteiger partial charge in [-0.2, -0.15) is 5.26 Å². The van der Waals surface area contributed by atoms with E-state index in [0.29, 0.717) is 5.56 Å². The topological polar surface area (TPSA) is 109 Å². The van der Waals surface area contributed by atoms with Gasteiger partial charge in [0.15, 0.2) is 0 Å². The van der Waals surface area contributed by atoms with Crippen molar-refractivity contribution in [3.05, 3.63) is 61.9 Å². The van der Waals surface area contributed by atoms with Gasteiger partial charge in [0.05, 0.1) is 10.6 Å². The van der Waals surface area contributed by atoms with E-state index < -0.39 is 16.4 Å². The maximum atomic E-state index is 11.9. The van der Waals surface area contributed by atoms with Crippen molar-refractivity contribution in [2.45, 2.75) is 6.92 Å². The van der Waals surface area contributed by atoms with E-state index in [-0.39, 0.29) is 16.9 Å². The average molecular weight is 271 g/mol. The van der Waals surface area contributed by atoms with Crippen LogP contribution in [0.3, 0.4) is 0 Å². The number of hydrogen-bond donors (Lipinski definition) is 1. The fourth-order valence-corrected chi connectivity index (χ4v) is 1.83. The number of aromatic hydroxyl groups is 1. The Kier molecular flexibility index (Phi) is 3.23. The maximum absolute atomic E-state index is 11.9. The highest BCUT2D eigenvalue weighted by Crippen LogP contribution is 2.22. The number of aryl methyl sites for hydroxylation is 1. The van der Waals surface area contributed by atoms with E-state index in [1.807, 2.05) is 6.07 Å². The van der Waals surface area contributed by atoms with Gasteiger partial charge in [0.2, 0.25) is 5.88 Å². The molecule has 7 heteroatoms. The number of nitro benzene ring substituents is 1. The number of non-ortho nitro benzene ring substituents is 1. The molecule has 1 N–H and O–H groups in total. The quantitative estimate of drug-likeness (QED) is 0.659. The largest absolute Gasteiger partial charge is 0.493 e. The fraction of sp³-hybridized carbons (Fsp3) is 0.0769. The molecule has 0 saturated carbocycles. The fourth-order valence-electron chi connectivity index (χ4n) is 1.83. The van der Waals surface area contributed by atoms with Crippen molar-refractivity contribution in [1.82, 2.24) is 4.57 Å². The third-order valence-corrected chi connectivity index (χ3v) is 2.82. The zero-order valence-corrected chi connectivity index (χ0v) is 10.4. The van der Waals surface area contributed by atoms with Crippen LogP contribution in [0.15, 0.2) is 35.1 Å². The summed E-state index contributed by atoms with van der Waals surface area (Å²) in [6.45, 7) is 1.54. The van der Waals surface area contributed by atoms with Crippen molar-refractivity contribution in [2.75, 3.05) is 0 Å². The Morgan fingerprint density at radius 1 is 1.35 bits per heavy atom. The number of aromatic nitrogens is 1. The molecule has 0 spiro atoms. The van der Waals surface area contributed by atoms with Gasteiger partial charge in [-0.25, -0.2) is 4.57 Å². The predicted molar refractivity (Wildman–Crippen MR) is 69.8 cm³/mol. The van der Waals surface area contributed by atoms with Crippen molar-refractivity contribution >= 4 is 5.69 Å². The molecular formula is C13H9N3O4. The smallest absolute Gasteiger partial charge is 0.269 e. The van der Waals surface area contributed by atoms with E-state index >= 15 is 0 Å². The molecule has 0 fully saturated rings. The van der Waals surface area contributed by atoms with E-state index in [4.69, 9.17) is 5.26 Å². The number of benzene rings is 1. The molecule has 0 aliphatic heterocycles. The molecule has 1 heterocycles. The van der Waals surface area contributed by atoms with Crippen LogP contribution in [0.25, 0.3) is 5.69 Å². The SMILES string of the molecule is Cc1cc(=O)n(-c2ccc([N+](=O)[O-])cc2)c(O)c1C#N. The third-order valence-electron chi connectivity index (χ3n) is 2.82. The Labute approximate surface area is 113 Å². The molecule has 0 aliphatic carbocycles. The summed E-state index contributed by atoms with van der Waals surface area (Å²) in [5.74, 6) is -0.480. The number of nitrogens with zero attached hydrogens (tertiary/aromatic N) is 3. The zero-order chi connectivity index (χ0) is 14.9. The highest BCUT2D eigenvalue weighted by atomic mass is 16.6. The molecule has 0 saturated heterocycles. The summed E-state index contributed by atoms with van der Waals surface area (Å²) in [6.07, 6.45) is 0. The van der Waals surface area contributed by atoms with Crippen LogP contribution in [0.5, 0.6) is 5.88 Å². The summed E-state index contributed by atoms with van der Waals surface area (Å²) in [7, 11) is 0. The van der Waals surface area contributed by atoms with Crippen molar-refractivity contribution in [1.29, 1.82) is 5.26 Å². The summed E-state index contributed by atoms with van der Waals surface area (Å²) in [4.78, 5) is 21.9. The Morgan fingerprint density at radius 2 is 1.95 bits per heavy atom. The second kappa shape index (κ2) is 4.85. The molecular weight excluding hydrogens is 262 g/mol. The van der Waals surface area contributed by atoms with Crippen LogP contribution in [-0.4, -0.2) is 14.6 Å². The van der Waals surface area contributed by atoms with E-state index in [1.54, 1.807) is 6.92 Å². The zero-order valence-electron chi connectivity index (χ0n) is 10.4. The molecule has 0 atom stereocenters. The first-order valence-electron chi connectivity index (χ1n) is 5.56. The average Bonchev–Trinajstić information content (AvgIpc) is 2.39. The molecule has 100 valence electrons. The lowest BCUT2D eigenvalue weighted by Gasteiger charge is -2.10. The Balaban J connectivity index is 2.67. The van der Waals surface area contributed by atoms with Gasteiger partial charge in [-0.15, -0.1) is 0 Å². The van der Waals surface area contributed by atoms with Gasteiger partial charge < -0.3 is 5.11 Å². The number of nitro groups is 1. The molecule has 0 amide bonds. The first-order chi connectivity index (χ1) is 9.45. The summed E-state index contributed by atoms with van der Waals surface area (Å²) >= 11 is 0. The molecule has 2 rings (SSSR count). The lowest BCUT2D eigenvalue weighted by atomic mass is 10.1. The number of nitriles is 1. The van der Waals surface area contributed by atoms with Crippen LogP contribution >= 0.6 is 0 Å². The van der Waals surface area contributed by atoms with Gasteiger partial charge in [0, 0.05) is 18.2 Å². The Morgan fingerprint density at radius 3 is 2.45 bits per heavy atom. The first-order valence-corrected chi connectivity index (χ1v) is 5.56. The van der Waals surface area contributed by atoms with Crippen LogP contribution in [0.4, 0.5) is 5.69 Å². The summed E-state index contributed by atoms with van der Waals surface area (Å²) in [6, 6.07) is 8.12. The van der Waals surface area contributed by atoms with Crippen molar-refractivity contribution < 1.29 is 10.0 Å². The van der Waals surface area contributed by atoms with Crippen molar-refractivity contribution in [3.8, 4) is 17.6 Å². The van der Waals surface area contributed by atoms with Gasteiger partial charge in [0.1, 0.15) is 11.6 Å². The molecule has 0 radical (unpaired) electrons. The molecule has 1 aromatic carbocycles.